The molecule has 1 N–H and O–H groups in total. The van der Waals surface area contributed by atoms with Gasteiger partial charge in [-0.3, -0.25) is 4.90 Å². The third-order valence-corrected chi connectivity index (χ3v) is 6.75. The number of benzene rings is 2. The van der Waals surface area contributed by atoms with Crippen molar-refractivity contribution in [1.82, 2.24) is 9.88 Å². The number of anilines is 1. The van der Waals surface area contributed by atoms with E-state index >= 15 is 0 Å². The number of aliphatic hydroxyl groups excluding tert-OH is 1. The smallest absolute Gasteiger partial charge is 0.185 e. The Labute approximate surface area is 197 Å². The Morgan fingerprint density at radius 3 is 2.18 bits per heavy atom. The minimum Gasteiger partial charge on any atom is -0.389 e. The van der Waals surface area contributed by atoms with Crippen LogP contribution < -0.4 is 4.90 Å². The lowest BCUT2D eigenvalue weighted by atomic mass is 10.0. The molecule has 0 radical (unpaired) electrons. The predicted octanol–water partition coefficient (Wildman–Crippen LogP) is 4.41. The number of aromatic nitrogens is 1. The van der Waals surface area contributed by atoms with Crippen LogP contribution in [-0.2, 0) is 4.74 Å². The molecule has 1 fully saturated rings. The lowest BCUT2D eigenvalue weighted by Gasteiger charge is -2.25. The molecule has 0 spiro atoms. The van der Waals surface area contributed by atoms with E-state index in [1.807, 2.05) is 6.92 Å². The van der Waals surface area contributed by atoms with E-state index in [4.69, 9.17) is 4.74 Å². The van der Waals surface area contributed by atoms with E-state index in [0.29, 0.717) is 6.54 Å². The summed E-state index contributed by atoms with van der Waals surface area (Å²) in [5.41, 5.74) is 2.54. The van der Waals surface area contributed by atoms with Crippen LogP contribution in [0, 0.1) is 18.6 Å². The Hall–Kier alpha value is -2.39. The summed E-state index contributed by atoms with van der Waals surface area (Å²) < 4.78 is 32.9. The number of nitrogens with zero attached hydrogens (tertiary/aromatic N) is 3. The number of hydrogen-bond donors (Lipinski definition) is 1. The summed E-state index contributed by atoms with van der Waals surface area (Å²) in [6, 6.07) is 12.1. The molecule has 5 nitrogen and oxygen atoms in total. The molecule has 33 heavy (non-hydrogen) atoms. The van der Waals surface area contributed by atoms with Crippen molar-refractivity contribution in [3.63, 3.8) is 0 Å². The first-order valence-corrected chi connectivity index (χ1v) is 12.1. The van der Waals surface area contributed by atoms with Gasteiger partial charge in [0.15, 0.2) is 5.13 Å². The van der Waals surface area contributed by atoms with E-state index in [-0.39, 0.29) is 18.2 Å². The van der Waals surface area contributed by atoms with Crippen molar-refractivity contribution < 1.29 is 18.6 Å². The summed E-state index contributed by atoms with van der Waals surface area (Å²) in [5, 5.41) is 13.8. The van der Waals surface area contributed by atoms with Crippen molar-refractivity contribution in [3.8, 4) is 0 Å². The van der Waals surface area contributed by atoms with Gasteiger partial charge in [-0.05, 0) is 55.3 Å². The van der Waals surface area contributed by atoms with Crippen LogP contribution in [0.15, 0.2) is 53.9 Å². The summed E-state index contributed by atoms with van der Waals surface area (Å²) in [4.78, 5) is 9.14. The van der Waals surface area contributed by atoms with E-state index < -0.39 is 12.2 Å². The van der Waals surface area contributed by atoms with Gasteiger partial charge in [0.1, 0.15) is 17.7 Å². The molecule has 3 aromatic rings. The normalized spacial score (nSPS) is 16.2. The second-order valence-electron chi connectivity index (χ2n) is 8.38. The van der Waals surface area contributed by atoms with Crippen LogP contribution in [-0.4, -0.2) is 60.4 Å². The monoisotopic (exact) mass is 473 g/mol. The van der Waals surface area contributed by atoms with Crippen molar-refractivity contribution in [1.29, 1.82) is 0 Å². The quantitative estimate of drug-likeness (QED) is 0.525. The number of rotatable bonds is 8. The highest BCUT2D eigenvalue weighted by Crippen LogP contribution is 2.27. The third kappa shape index (κ3) is 6.57. The van der Waals surface area contributed by atoms with Crippen molar-refractivity contribution in [2.45, 2.75) is 25.6 Å². The lowest BCUT2D eigenvalue weighted by molar-refractivity contribution is -0.00763. The topological polar surface area (TPSA) is 48.8 Å². The maximum absolute atomic E-state index is 13.4. The molecule has 1 aromatic heterocycles. The highest BCUT2D eigenvalue weighted by Gasteiger charge is 2.21. The van der Waals surface area contributed by atoms with E-state index in [1.54, 1.807) is 35.6 Å². The minimum atomic E-state index is -0.679. The second kappa shape index (κ2) is 11.2. The first-order chi connectivity index (χ1) is 16.0. The summed E-state index contributed by atoms with van der Waals surface area (Å²) in [7, 11) is 0. The molecule has 0 bridgehead atoms. The Kier molecular flexibility index (Phi) is 8.03. The van der Waals surface area contributed by atoms with Gasteiger partial charge in [0.2, 0.25) is 0 Å². The van der Waals surface area contributed by atoms with E-state index in [9.17, 15) is 13.9 Å². The lowest BCUT2D eigenvalue weighted by Crippen LogP contribution is -2.38. The highest BCUT2D eigenvalue weighted by molar-refractivity contribution is 7.13. The zero-order valence-corrected chi connectivity index (χ0v) is 19.5. The number of aryl methyl sites for hydroxylation is 1. The average Bonchev–Trinajstić information content (AvgIpc) is 3.10. The first kappa shape index (κ1) is 23.8. The fourth-order valence-corrected chi connectivity index (χ4v) is 4.91. The summed E-state index contributed by atoms with van der Waals surface area (Å²) in [6.45, 7) is 6.19. The van der Waals surface area contributed by atoms with Gasteiger partial charge in [-0.1, -0.05) is 24.3 Å². The van der Waals surface area contributed by atoms with E-state index in [0.717, 1.165) is 54.6 Å². The molecular weight excluding hydrogens is 444 g/mol. The molecule has 1 atom stereocenters. The zero-order chi connectivity index (χ0) is 23.2. The molecule has 0 saturated carbocycles. The molecule has 1 aliphatic rings. The molecular formula is C25H29F2N3O2S. The zero-order valence-electron chi connectivity index (χ0n) is 18.7. The van der Waals surface area contributed by atoms with Crippen LogP contribution in [0.3, 0.4) is 0 Å². The highest BCUT2D eigenvalue weighted by atomic mass is 32.1. The standard InChI is InChI=1S/C25H29F2N3O2S/c1-18-17-33-25(28-18)30-12-2-11-29(13-14-30)15-23(31)16-32-24(19-3-7-21(26)8-4-19)20-5-9-22(27)10-6-20/h3-10,17,23-24,31H,2,11-16H2,1H3. The Bertz CT molecular complexity index is 968. The van der Waals surface area contributed by atoms with Crippen LogP contribution in [0.25, 0.3) is 0 Å². The van der Waals surface area contributed by atoms with Crippen molar-refractivity contribution >= 4 is 16.5 Å². The summed E-state index contributed by atoms with van der Waals surface area (Å²) in [6.07, 6.45) is -0.198. The number of thiazole rings is 1. The predicted molar refractivity (Wildman–Crippen MR) is 127 cm³/mol. The largest absolute Gasteiger partial charge is 0.389 e. The molecule has 1 unspecified atom stereocenters. The van der Waals surface area contributed by atoms with Gasteiger partial charge in [-0.25, -0.2) is 13.8 Å². The third-order valence-electron chi connectivity index (χ3n) is 5.74. The number of aliphatic hydroxyl groups is 1. The second-order valence-corrected chi connectivity index (χ2v) is 9.22. The van der Waals surface area contributed by atoms with Gasteiger partial charge in [-0.15, -0.1) is 11.3 Å². The average molecular weight is 474 g/mol. The first-order valence-electron chi connectivity index (χ1n) is 11.2. The van der Waals surface area contributed by atoms with Gasteiger partial charge in [-0.2, -0.15) is 0 Å². The summed E-state index contributed by atoms with van der Waals surface area (Å²) >= 11 is 1.67. The van der Waals surface area contributed by atoms with Gasteiger partial charge < -0.3 is 14.7 Å². The fraction of sp³-hybridized carbons (Fsp3) is 0.400. The van der Waals surface area contributed by atoms with E-state index in [1.165, 1.54) is 24.3 Å². The number of hydrogen-bond acceptors (Lipinski definition) is 6. The maximum atomic E-state index is 13.4. The molecule has 0 aliphatic carbocycles. The number of β-amino-alcohol motifs (C(OH)–C–C–N with tert-alkyl or cyclic N) is 1. The van der Waals surface area contributed by atoms with Gasteiger partial charge >= 0.3 is 0 Å². The van der Waals surface area contributed by atoms with Crippen molar-refractivity contribution in [2.75, 3.05) is 44.2 Å². The molecule has 1 aliphatic heterocycles. The van der Waals surface area contributed by atoms with E-state index in [2.05, 4.69) is 20.2 Å². The van der Waals surface area contributed by atoms with Gasteiger partial charge in [0, 0.05) is 31.6 Å². The molecule has 1 saturated heterocycles. The SMILES string of the molecule is Cc1csc(N2CCCN(CC(O)COC(c3ccc(F)cc3)c3ccc(F)cc3)CC2)n1. The number of ether oxygens (including phenoxy) is 1. The van der Waals surface area contributed by atoms with Crippen LogP contribution in [0.5, 0.6) is 0 Å². The van der Waals surface area contributed by atoms with Gasteiger partial charge in [0.25, 0.3) is 0 Å². The fourth-order valence-electron chi connectivity index (χ4n) is 4.05. The van der Waals surface area contributed by atoms with Gasteiger partial charge in [0.05, 0.1) is 18.4 Å². The minimum absolute atomic E-state index is 0.116. The summed E-state index contributed by atoms with van der Waals surface area (Å²) in [5.74, 6) is -0.667. The van der Waals surface area contributed by atoms with Crippen LogP contribution >= 0.6 is 11.3 Å². The van der Waals surface area contributed by atoms with Crippen molar-refractivity contribution in [2.24, 2.45) is 0 Å². The molecule has 4 rings (SSSR count). The molecule has 176 valence electrons. The molecule has 0 amide bonds. The molecule has 2 heterocycles. The molecule has 8 heteroatoms. The van der Waals surface area contributed by atoms with Crippen molar-refractivity contribution in [3.05, 3.63) is 82.4 Å². The maximum Gasteiger partial charge on any atom is 0.185 e. The Morgan fingerprint density at radius 1 is 0.970 bits per heavy atom. The van der Waals surface area contributed by atoms with Crippen LogP contribution in [0.4, 0.5) is 13.9 Å². The Balaban J connectivity index is 1.34. The number of halogens is 2. The van der Waals surface area contributed by atoms with Crippen LogP contribution in [0.2, 0.25) is 0 Å². The Morgan fingerprint density at radius 2 is 1.61 bits per heavy atom. The van der Waals surface area contributed by atoms with Crippen LogP contribution in [0.1, 0.15) is 29.3 Å². The molecule has 2 aromatic carbocycles.